The summed E-state index contributed by atoms with van der Waals surface area (Å²) < 4.78 is 11.8. The fourth-order valence-electron chi connectivity index (χ4n) is 3.66. The van der Waals surface area contributed by atoms with E-state index in [4.69, 9.17) is 9.15 Å². The van der Waals surface area contributed by atoms with Gasteiger partial charge in [0.1, 0.15) is 16.9 Å². The number of fused-ring (bicyclic) bond motifs is 2. The zero-order chi connectivity index (χ0) is 21.2. The van der Waals surface area contributed by atoms with Crippen molar-refractivity contribution in [3.05, 3.63) is 57.3 Å². The molecule has 5 heteroatoms. The number of phenols is 1. The first-order valence-corrected chi connectivity index (χ1v) is 10.1. The van der Waals surface area contributed by atoms with Gasteiger partial charge >= 0.3 is 0 Å². The van der Waals surface area contributed by atoms with Crippen molar-refractivity contribution >= 4 is 11.0 Å². The number of ether oxygens (including phenoxy) is 1. The van der Waals surface area contributed by atoms with Crippen LogP contribution in [0, 0.1) is 0 Å². The number of hydrogen-bond donors (Lipinski definition) is 2. The van der Waals surface area contributed by atoms with Crippen molar-refractivity contribution in [2.24, 2.45) is 0 Å². The number of rotatable bonds is 6. The SMILES string of the molecule is CC(C)=CCC/C(C)=C/CC[C@]1(C)Oc2oc3cc(O)ccc3c(=O)c2C[C@@H]1O. The highest BCUT2D eigenvalue weighted by Crippen LogP contribution is 2.37. The second kappa shape index (κ2) is 8.46. The van der Waals surface area contributed by atoms with E-state index in [9.17, 15) is 15.0 Å². The van der Waals surface area contributed by atoms with Crippen LogP contribution in [0.1, 0.15) is 58.9 Å². The van der Waals surface area contributed by atoms with Crippen molar-refractivity contribution in [2.75, 3.05) is 0 Å². The van der Waals surface area contributed by atoms with Crippen LogP contribution in [-0.2, 0) is 6.42 Å². The molecule has 1 aromatic carbocycles. The number of aliphatic hydroxyl groups excluding tert-OH is 1. The number of hydrogen-bond acceptors (Lipinski definition) is 5. The van der Waals surface area contributed by atoms with Gasteiger partial charge in [-0.05, 0) is 65.5 Å². The Labute approximate surface area is 171 Å². The van der Waals surface area contributed by atoms with Gasteiger partial charge in [0.25, 0.3) is 5.95 Å². The summed E-state index contributed by atoms with van der Waals surface area (Å²) in [5, 5.41) is 20.8. The number of aliphatic hydroxyl groups is 1. The fraction of sp³-hybridized carbons (Fsp3) is 0.458. The number of aromatic hydroxyl groups is 1. The fourth-order valence-corrected chi connectivity index (χ4v) is 3.66. The van der Waals surface area contributed by atoms with E-state index in [2.05, 4.69) is 32.9 Å². The minimum atomic E-state index is -0.843. The lowest BCUT2D eigenvalue weighted by Gasteiger charge is -2.38. The largest absolute Gasteiger partial charge is 0.508 e. The molecule has 1 aliphatic heterocycles. The second-order valence-electron chi connectivity index (χ2n) is 8.42. The van der Waals surface area contributed by atoms with Crippen molar-refractivity contribution in [3.63, 3.8) is 0 Å². The maximum absolute atomic E-state index is 12.7. The lowest BCUT2D eigenvalue weighted by Crippen LogP contribution is -2.50. The first-order valence-electron chi connectivity index (χ1n) is 10.1. The van der Waals surface area contributed by atoms with Crippen LogP contribution in [0.3, 0.4) is 0 Å². The van der Waals surface area contributed by atoms with E-state index in [1.165, 1.54) is 29.3 Å². The second-order valence-corrected chi connectivity index (χ2v) is 8.42. The average molecular weight is 398 g/mol. The topological polar surface area (TPSA) is 79.9 Å². The normalized spacial score (nSPS) is 21.6. The molecule has 0 bridgehead atoms. The molecular formula is C24H30O5. The lowest BCUT2D eigenvalue weighted by atomic mass is 9.86. The van der Waals surface area contributed by atoms with Gasteiger partial charge in [-0.2, -0.15) is 0 Å². The molecule has 0 saturated carbocycles. The first kappa shape index (κ1) is 21.2. The molecule has 0 spiro atoms. The first-order chi connectivity index (χ1) is 13.7. The Bertz CT molecular complexity index is 1010. The Morgan fingerprint density at radius 2 is 2.00 bits per heavy atom. The zero-order valence-corrected chi connectivity index (χ0v) is 17.6. The van der Waals surface area contributed by atoms with Crippen LogP contribution in [0.5, 0.6) is 11.7 Å². The van der Waals surface area contributed by atoms with Gasteiger partial charge in [-0.1, -0.05) is 23.3 Å². The molecule has 1 aromatic heterocycles. The van der Waals surface area contributed by atoms with E-state index < -0.39 is 11.7 Å². The molecule has 156 valence electrons. The van der Waals surface area contributed by atoms with Crippen LogP contribution < -0.4 is 10.2 Å². The van der Waals surface area contributed by atoms with Crippen molar-refractivity contribution in [1.82, 2.24) is 0 Å². The molecule has 2 heterocycles. The summed E-state index contributed by atoms with van der Waals surface area (Å²) in [5.74, 6) is 0.165. The molecule has 0 saturated heterocycles. The molecule has 3 rings (SSSR count). The van der Waals surface area contributed by atoms with Crippen LogP contribution in [0.15, 0.2) is 50.7 Å². The van der Waals surface area contributed by atoms with Gasteiger partial charge in [-0.25, -0.2) is 0 Å². The minimum Gasteiger partial charge on any atom is -0.508 e. The Morgan fingerprint density at radius 1 is 1.24 bits per heavy atom. The van der Waals surface area contributed by atoms with Crippen LogP contribution in [0.4, 0.5) is 0 Å². The third-order valence-electron chi connectivity index (χ3n) is 5.59. The molecule has 5 nitrogen and oxygen atoms in total. The van der Waals surface area contributed by atoms with Gasteiger partial charge in [-0.3, -0.25) is 4.79 Å². The maximum atomic E-state index is 12.7. The summed E-state index contributed by atoms with van der Waals surface area (Å²) in [6.45, 7) is 8.16. The van der Waals surface area contributed by atoms with E-state index in [0.29, 0.717) is 17.4 Å². The van der Waals surface area contributed by atoms with Crippen LogP contribution >= 0.6 is 0 Å². The summed E-state index contributed by atoms with van der Waals surface area (Å²) >= 11 is 0. The van der Waals surface area contributed by atoms with Crippen molar-refractivity contribution in [1.29, 1.82) is 0 Å². The summed E-state index contributed by atoms with van der Waals surface area (Å²) in [7, 11) is 0. The number of benzene rings is 1. The lowest BCUT2D eigenvalue weighted by molar-refractivity contribution is -0.0726. The average Bonchev–Trinajstić information content (AvgIpc) is 2.63. The highest BCUT2D eigenvalue weighted by Gasteiger charge is 2.42. The summed E-state index contributed by atoms with van der Waals surface area (Å²) in [6.07, 6.45) is 7.22. The van der Waals surface area contributed by atoms with E-state index >= 15 is 0 Å². The molecular weight excluding hydrogens is 368 g/mol. The third-order valence-corrected chi connectivity index (χ3v) is 5.59. The van der Waals surface area contributed by atoms with Crippen LogP contribution in [-0.4, -0.2) is 21.9 Å². The minimum absolute atomic E-state index is 0.0212. The summed E-state index contributed by atoms with van der Waals surface area (Å²) in [5.41, 5.74) is 2.20. The highest BCUT2D eigenvalue weighted by atomic mass is 16.6. The molecule has 0 amide bonds. The third kappa shape index (κ3) is 4.73. The number of allylic oxidation sites excluding steroid dienone is 4. The van der Waals surface area contributed by atoms with Gasteiger partial charge in [0.05, 0.1) is 17.1 Å². The van der Waals surface area contributed by atoms with Crippen molar-refractivity contribution in [3.8, 4) is 11.7 Å². The highest BCUT2D eigenvalue weighted by molar-refractivity contribution is 5.79. The van der Waals surface area contributed by atoms with Gasteiger partial charge in [0.15, 0.2) is 5.43 Å². The van der Waals surface area contributed by atoms with E-state index in [1.54, 1.807) is 0 Å². The Kier molecular flexibility index (Phi) is 6.18. The molecule has 2 aromatic rings. The summed E-state index contributed by atoms with van der Waals surface area (Å²) in [6, 6.07) is 4.38. The standard InChI is InChI=1S/C24H30O5/c1-15(2)7-5-8-16(3)9-6-12-24(4)21(26)14-19-22(27)18-11-10-17(25)13-20(18)28-23(19)29-24/h7,9-11,13,21,25-26H,5-6,8,12,14H2,1-4H3/b16-9+/t21-,24-/m0/s1. The van der Waals surface area contributed by atoms with Crippen molar-refractivity contribution < 1.29 is 19.4 Å². The number of phenolic OH excluding ortho intramolecular Hbond substituents is 1. The van der Waals surface area contributed by atoms with Crippen LogP contribution in [0.2, 0.25) is 0 Å². The van der Waals surface area contributed by atoms with E-state index in [0.717, 1.165) is 19.3 Å². The maximum Gasteiger partial charge on any atom is 0.292 e. The molecule has 2 atom stereocenters. The smallest absolute Gasteiger partial charge is 0.292 e. The van der Waals surface area contributed by atoms with Crippen molar-refractivity contribution in [2.45, 2.75) is 71.5 Å². The quantitative estimate of drug-likeness (QED) is 0.668. The predicted octanol–water partition coefficient (Wildman–Crippen LogP) is 5.03. The van der Waals surface area contributed by atoms with Gasteiger partial charge in [0, 0.05) is 12.5 Å². The molecule has 2 N–H and O–H groups in total. The molecule has 0 unspecified atom stereocenters. The van der Waals surface area contributed by atoms with Gasteiger partial charge in [0.2, 0.25) is 0 Å². The Hall–Kier alpha value is -2.53. The molecule has 0 aliphatic carbocycles. The van der Waals surface area contributed by atoms with Gasteiger partial charge < -0.3 is 19.4 Å². The predicted molar refractivity (Wildman–Crippen MR) is 115 cm³/mol. The van der Waals surface area contributed by atoms with E-state index in [-0.39, 0.29) is 29.1 Å². The zero-order valence-electron chi connectivity index (χ0n) is 17.6. The molecule has 0 radical (unpaired) electrons. The Morgan fingerprint density at radius 3 is 2.72 bits per heavy atom. The van der Waals surface area contributed by atoms with E-state index in [1.807, 2.05) is 6.92 Å². The molecule has 29 heavy (non-hydrogen) atoms. The van der Waals surface area contributed by atoms with Crippen LogP contribution in [0.25, 0.3) is 11.0 Å². The monoisotopic (exact) mass is 398 g/mol. The summed E-state index contributed by atoms with van der Waals surface area (Å²) in [4.78, 5) is 12.7. The molecule has 0 fully saturated rings. The Balaban J connectivity index is 1.76. The van der Waals surface area contributed by atoms with Gasteiger partial charge in [-0.15, -0.1) is 0 Å². The molecule has 1 aliphatic rings.